The average Bonchev–Trinajstić information content (AvgIpc) is 3.16. The summed E-state index contributed by atoms with van der Waals surface area (Å²) in [6.45, 7) is -1.19. The highest BCUT2D eigenvalue weighted by Crippen LogP contribution is 2.53. The molecule has 6 rings (SSSR count). The van der Waals surface area contributed by atoms with E-state index in [2.05, 4.69) is 0 Å². The predicted molar refractivity (Wildman–Crippen MR) is 172 cm³/mol. The van der Waals surface area contributed by atoms with Crippen molar-refractivity contribution in [2.45, 2.75) is 12.2 Å². The van der Waals surface area contributed by atoms with Gasteiger partial charge in [0.15, 0.2) is 63.6 Å². The van der Waals surface area contributed by atoms with Gasteiger partial charge < -0.3 is 85.0 Å². The zero-order valence-corrected chi connectivity index (χ0v) is 27.3. The molecule has 0 spiro atoms. The first-order valence-electron chi connectivity index (χ1n) is 15.1. The maximum absolute atomic E-state index is 14.0. The SMILES string of the molecule is O=C1OC2COC(=O)c3cc(O)c(O)c(O)c3-c3c(cc(O)c(O)c3O)C(=O)OC2C(OC(=O)c2cc(O)c(O)c(O)c2)=C1OC(=O)c1cc(O)c(O)c(O)c1. The van der Waals surface area contributed by atoms with E-state index in [-0.39, 0.29) is 0 Å². The van der Waals surface area contributed by atoms with Crippen LogP contribution in [0.3, 0.4) is 0 Å². The Morgan fingerprint density at radius 3 is 1.38 bits per heavy atom. The van der Waals surface area contributed by atoms with Gasteiger partial charge in [-0.05, 0) is 36.4 Å². The number of phenols is 12. The molecule has 0 aliphatic carbocycles. The Bertz CT molecular complexity index is 2420. The predicted octanol–water partition coefficient (Wildman–Crippen LogP) is 1.37. The molecule has 0 saturated heterocycles. The summed E-state index contributed by atoms with van der Waals surface area (Å²) in [5, 5.41) is 122. The van der Waals surface area contributed by atoms with Crippen LogP contribution in [0.2, 0.25) is 0 Å². The second-order valence-electron chi connectivity index (χ2n) is 11.6. The van der Waals surface area contributed by atoms with Gasteiger partial charge in [0, 0.05) is 11.1 Å². The molecule has 22 heteroatoms. The topological polar surface area (TPSA) is 374 Å². The largest absolute Gasteiger partial charge is 0.504 e. The monoisotopic (exact) mass is 782 g/mol. The van der Waals surface area contributed by atoms with Crippen molar-refractivity contribution in [2.75, 3.05) is 6.61 Å². The summed E-state index contributed by atoms with van der Waals surface area (Å²) in [4.78, 5) is 67.5. The smallest absolute Gasteiger partial charge is 0.378 e. The van der Waals surface area contributed by atoms with E-state index in [1.807, 2.05) is 0 Å². The fraction of sp³-hybridized carbons (Fsp3) is 0.0882. The molecule has 0 aromatic heterocycles. The van der Waals surface area contributed by atoms with E-state index in [1.54, 1.807) is 0 Å². The Balaban J connectivity index is 1.56. The van der Waals surface area contributed by atoms with Crippen LogP contribution >= 0.6 is 0 Å². The second kappa shape index (κ2) is 13.5. The van der Waals surface area contributed by atoms with Crippen molar-refractivity contribution in [2.24, 2.45) is 0 Å². The number of rotatable bonds is 4. The van der Waals surface area contributed by atoms with Crippen molar-refractivity contribution in [3.05, 3.63) is 70.2 Å². The fourth-order valence-electron chi connectivity index (χ4n) is 5.38. The Morgan fingerprint density at radius 1 is 0.500 bits per heavy atom. The number of aromatic hydroxyl groups is 12. The highest BCUT2D eigenvalue weighted by atomic mass is 16.7. The number of ether oxygens (including phenoxy) is 5. The number of carbonyl (C=O) groups excluding carboxylic acids is 5. The lowest BCUT2D eigenvalue weighted by molar-refractivity contribution is -0.162. The molecule has 4 aromatic carbocycles. The highest BCUT2D eigenvalue weighted by Gasteiger charge is 2.47. The number of cyclic esters (lactones) is 1. The maximum atomic E-state index is 14.0. The van der Waals surface area contributed by atoms with Crippen molar-refractivity contribution < 1.29 is 109 Å². The molecule has 4 aromatic rings. The fourth-order valence-corrected chi connectivity index (χ4v) is 5.38. The first kappa shape index (κ1) is 37.3. The number of hydrogen-bond donors (Lipinski definition) is 12. The van der Waals surface area contributed by atoms with Gasteiger partial charge in [0.2, 0.25) is 23.4 Å². The van der Waals surface area contributed by atoms with Crippen LogP contribution < -0.4 is 0 Å². The summed E-state index contributed by atoms with van der Waals surface area (Å²) in [7, 11) is 0. The minimum Gasteiger partial charge on any atom is -0.504 e. The van der Waals surface area contributed by atoms with Gasteiger partial charge in [-0.3, -0.25) is 0 Å². The number of phenolic OH excluding ortho intramolecular Hbond substituents is 12. The Kier molecular flexibility index (Phi) is 9.01. The normalized spacial score (nSPS) is 16.5. The third-order valence-electron chi connectivity index (χ3n) is 8.08. The summed E-state index contributed by atoms with van der Waals surface area (Å²) in [5.74, 6) is -25.3. The molecule has 290 valence electrons. The molecule has 0 radical (unpaired) electrons. The molecule has 0 saturated carbocycles. The van der Waals surface area contributed by atoms with Gasteiger partial charge >= 0.3 is 29.8 Å². The van der Waals surface area contributed by atoms with E-state index in [9.17, 15) is 85.3 Å². The third kappa shape index (κ3) is 6.23. The summed E-state index contributed by atoms with van der Waals surface area (Å²) >= 11 is 0. The lowest BCUT2D eigenvalue weighted by Crippen LogP contribution is -2.46. The lowest BCUT2D eigenvalue weighted by atomic mass is 9.92. The first-order valence-corrected chi connectivity index (χ1v) is 15.1. The molecule has 2 atom stereocenters. The van der Waals surface area contributed by atoms with Crippen molar-refractivity contribution >= 4 is 29.8 Å². The van der Waals surface area contributed by atoms with Gasteiger partial charge in [0.1, 0.15) is 6.61 Å². The van der Waals surface area contributed by atoms with Gasteiger partial charge in [0.05, 0.1) is 22.3 Å². The molecule has 0 fully saturated rings. The Hall–Kier alpha value is -8.43. The number of carbonyl (C=O) groups is 5. The van der Waals surface area contributed by atoms with Gasteiger partial charge in [-0.1, -0.05) is 0 Å². The standard InChI is InChI=1S/C34H22O22/c35-12-1-8(2-13(36)21(12)41)30(47)55-28-27-18(53-34(51)29(28)56-31(48)9-3-14(37)22(42)15(38)4-9)7-52-32(49)10-5-16(39)23(43)25(45)19(10)20-11(33(50)54-27)6-17(40)24(44)26(20)46/h1-6,18,27,35-46H,7H2. The van der Waals surface area contributed by atoms with Gasteiger partial charge in [0.25, 0.3) is 5.76 Å². The van der Waals surface area contributed by atoms with Gasteiger partial charge in [-0.15, -0.1) is 0 Å². The van der Waals surface area contributed by atoms with Gasteiger partial charge in [-0.25, -0.2) is 24.0 Å². The van der Waals surface area contributed by atoms with Crippen LogP contribution in [0.4, 0.5) is 0 Å². The molecule has 2 heterocycles. The van der Waals surface area contributed by atoms with E-state index in [4.69, 9.17) is 23.7 Å². The van der Waals surface area contributed by atoms with Crippen LogP contribution in [0.15, 0.2) is 47.9 Å². The average molecular weight is 783 g/mol. The van der Waals surface area contributed by atoms with Crippen molar-refractivity contribution in [3.63, 3.8) is 0 Å². The molecule has 56 heavy (non-hydrogen) atoms. The maximum Gasteiger partial charge on any atom is 0.378 e. The highest BCUT2D eigenvalue weighted by molar-refractivity contribution is 6.08. The summed E-state index contributed by atoms with van der Waals surface area (Å²) in [6, 6.07) is 3.15. The van der Waals surface area contributed by atoms with E-state index in [0.29, 0.717) is 36.4 Å². The second-order valence-corrected chi connectivity index (χ2v) is 11.6. The van der Waals surface area contributed by atoms with E-state index < -0.39 is 163 Å². The zero-order valence-electron chi connectivity index (χ0n) is 27.3. The van der Waals surface area contributed by atoms with Crippen LogP contribution in [-0.4, -0.2) is 110 Å². The zero-order chi connectivity index (χ0) is 41.1. The lowest BCUT2D eigenvalue weighted by Gasteiger charge is -2.32. The van der Waals surface area contributed by atoms with Crippen LogP contribution in [-0.2, 0) is 28.5 Å². The quantitative estimate of drug-likeness (QED) is 0.0789. The number of hydrogen-bond acceptors (Lipinski definition) is 22. The Morgan fingerprint density at radius 2 is 0.911 bits per heavy atom. The van der Waals surface area contributed by atoms with Crippen molar-refractivity contribution in [3.8, 4) is 80.1 Å². The van der Waals surface area contributed by atoms with E-state index in [0.717, 1.165) is 0 Å². The number of benzene rings is 4. The minimum atomic E-state index is -2.40. The minimum absolute atomic E-state index is 0.426. The third-order valence-corrected chi connectivity index (χ3v) is 8.08. The molecule has 0 bridgehead atoms. The molecule has 2 aliphatic rings. The first-order chi connectivity index (χ1) is 26.3. The molecule has 0 amide bonds. The summed E-state index contributed by atoms with van der Waals surface area (Å²) < 4.78 is 26.2. The van der Waals surface area contributed by atoms with Gasteiger partial charge in [-0.2, -0.15) is 0 Å². The molecule has 2 aliphatic heterocycles. The number of esters is 5. The van der Waals surface area contributed by atoms with E-state index >= 15 is 0 Å². The van der Waals surface area contributed by atoms with E-state index in [1.165, 1.54) is 0 Å². The molecule has 2 unspecified atom stereocenters. The van der Waals surface area contributed by atoms with Crippen LogP contribution in [0, 0.1) is 0 Å². The van der Waals surface area contributed by atoms with Crippen LogP contribution in [0.5, 0.6) is 69.0 Å². The summed E-state index contributed by atoms with van der Waals surface area (Å²) in [5.41, 5.74) is -5.56. The van der Waals surface area contributed by atoms with Crippen LogP contribution in [0.1, 0.15) is 41.4 Å². The molecular formula is C34H22O22. The molecule has 12 N–H and O–H groups in total. The van der Waals surface area contributed by atoms with Crippen molar-refractivity contribution in [1.82, 2.24) is 0 Å². The molecular weight excluding hydrogens is 760 g/mol. The Labute approximate surface area is 307 Å². The summed E-state index contributed by atoms with van der Waals surface area (Å²) in [6.07, 6.45) is -4.50. The van der Waals surface area contributed by atoms with Crippen LogP contribution in [0.25, 0.3) is 11.1 Å². The van der Waals surface area contributed by atoms with Crippen molar-refractivity contribution in [1.29, 1.82) is 0 Å². The molecule has 22 nitrogen and oxygen atoms in total. The number of fused-ring (bicyclic) bond motifs is 4.